The van der Waals surface area contributed by atoms with E-state index in [9.17, 15) is 8.42 Å². The average Bonchev–Trinajstić information content (AvgIpc) is 2.71. The Morgan fingerprint density at radius 3 is 2.84 bits per heavy atom. The molecule has 0 bridgehead atoms. The Bertz CT molecular complexity index is 602. The first-order valence-electron chi connectivity index (χ1n) is 6.41. The first kappa shape index (κ1) is 14.0. The molecule has 1 aromatic rings. The zero-order valence-corrected chi connectivity index (χ0v) is 11.8. The van der Waals surface area contributed by atoms with Gasteiger partial charge in [0, 0.05) is 6.54 Å². The molecule has 0 aromatic heterocycles. The summed E-state index contributed by atoms with van der Waals surface area (Å²) in [4.78, 5) is 0. The second-order valence-corrected chi connectivity index (χ2v) is 7.38. The Labute approximate surface area is 114 Å². The highest BCUT2D eigenvalue weighted by Gasteiger charge is 2.27. The van der Waals surface area contributed by atoms with Gasteiger partial charge in [0.2, 0.25) is 0 Å². The largest absolute Gasteiger partial charge is 0.312 e. The summed E-state index contributed by atoms with van der Waals surface area (Å²) >= 11 is 0. The molecule has 1 fully saturated rings. The minimum atomic E-state index is -2.78. The van der Waals surface area contributed by atoms with Crippen LogP contribution in [0.5, 0.6) is 0 Å². The highest BCUT2D eigenvalue weighted by molar-refractivity contribution is 7.91. The number of benzene rings is 1. The summed E-state index contributed by atoms with van der Waals surface area (Å²) in [7, 11) is -2.78. The van der Waals surface area contributed by atoms with E-state index in [1.165, 1.54) is 0 Å². The number of hydrogen-bond donors (Lipinski definition) is 1. The molecule has 1 atom stereocenters. The topological polar surface area (TPSA) is 70.0 Å². The molecule has 0 saturated carbocycles. The van der Waals surface area contributed by atoms with Crippen LogP contribution in [0, 0.1) is 24.2 Å². The summed E-state index contributed by atoms with van der Waals surface area (Å²) in [6.07, 6.45) is 0.766. The molecule has 1 unspecified atom stereocenters. The van der Waals surface area contributed by atoms with Crippen LogP contribution in [0.4, 0.5) is 0 Å². The van der Waals surface area contributed by atoms with Gasteiger partial charge in [-0.2, -0.15) is 5.26 Å². The van der Waals surface area contributed by atoms with Gasteiger partial charge >= 0.3 is 0 Å². The normalized spacial score (nSPS) is 21.2. The molecule has 5 heteroatoms. The van der Waals surface area contributed by atoms with E-state index in [1.807, 2.05) is 25.1 Å². The smallest absolute Gasteiger partial charge is 0.150 e. The van der Waals surface area contributed by atoms with Crippen LogP contribution in [-0.2, 0) is 16.4 Å². The van der Waals surface area contributed by atoms with Gasteiger partial charge in [0.05, 0.1) is 23.1 Å². The third-order valence-electron chi connectivity index (χ3n) is 3.55. The second-order valence-electron chi connectivity index (χ2n) is 5.15. The summed E-state index contributed by atoms with van der Waals surface area (Å²) < 4.78 is 22.7. The van der Waals surface area contributed by atoms with Gasteiger partial charge < -0.3 is 5.32 Å². The summed E-state index contributed by atoms with van der Waals surface area (Å²) in [5.74, 6) is 0.880. The molecule has 102 valence electrons. The predicted molar refractivity (Wildman–Crippen MR) is 74.4 cm³/mol. The average molecular weight is 278 g/mol. The monoisotopic (exact) mass is 278 g/mol. The van der Waals surface area contributed by atoms with Gasteiger partial charge in [-0.25, -0.2) is 8.42 Å². The Morgan fingerprint density at radius 2 is 2.26 bits per heavy atom. The second kappa shape index (κ2) is 5.72. The molecule has 2 rings (SSSR count). The molecule has 4 nitrogen and oxygen atoms in total. The number of nitrogens with zero attached hydrogens (tertiary/aromatic N) is 1. The Kier molecular flexibility index (Phi) is 4.23. The van der Waals surface area contributed by atoms with Crippen molar-refractivity contribution in [2.24, 2.45) is 5.92 Å². The number of aryl methyl sites for hydroxylation is 1. The molecule has 1 heterocycles. The van der Waals surface area contributed by atoms with Crippen LogP contribution >= 0.6 is 0 Å². The highest BCUT2D eigenvalue weighted by Crippen LogP contribution is 2.17. The van der Waals surface area contributed by atoms with Crippen molar-refractivity contribution in [3.63, 3.8) is 0 Å². The molecular formula is C14H18N2O2S. The lowest BCUT2D eigenvalue weighted by molar-refractivity contribution is 0.520. The first-order valence-corrected chi connectivity index (χ1v) is 8.23. The van der Waals surface area contributed by atoms with Crippen LogP contribution in [0.2, 0.25) is 0 Å². The first-order chi connectivity index (χ1) is 9.00. The zero-order chi connectivity index (χ0) is 13.9. The standard InChI is InChI=1S/C14H18N2O2S/c1-11-6-12(7-15)2-3-14(11)9-16-8-13-4-5-19(17,18)10-13/h2-3,6,13,16H,4-5,8-10H2,1H3. The van der Waals surface area contributed by atoms with Gasteiger partial charge in [-0.15, -0.1) is 0 Å². The van der Waals surface area contributed by atoms with Crippen LogP contribution < -0.4 is 5.32 Å². The predicted octanol–water partition coefficient (Wildman–Crippen LogP) is 1.39. The van der Waals surface area contributed by atoms with Crippen LogP contribution in [-0.4, -0.2) is 26.5 Å². The molecule has 0 radical (unpaired) electrons. The summed E-state index contributed by atoms with van der Waals surface area (Å²) in [5.41, 5.74) is 2.91. The van der Waals surface area contributed by atoms with E-state index < -0.39 is 9.84 Å². The van der Waals surface area contributed by atoms with Crippen molar-refractivity contribution in [3.8, 4) is 6.07 Å². The number of sulfone groups is 1. The third-order valence-corrected chi connectivity index (χ3v) is 5.38. The maximum atomic E-state index is 11.3. The molecule has 0 spiro atoms. The quantitative estimate of drug-likeness (QED) is 0.903. The van der Waals surface area contributed by atoms with Crippen LogP contribution in [0.1, 0.15) is 23.1 Å². The van der Waals surface area contributed by atoms with E-state index in [2.05, 4.69) is 11.4 Å². The van der Waals surface area contributed by atoms with Gasteiger partial charge in [-0.3, -0.25) is 0 Å². The van der Waals surface area contributed by atoms with Crippen molar-refractivity contribution in [2.75, 3.05) is 18.1 Å². The zero-order valence-electron chi connectivity index (χ0n) is 11.0. The fraction of sp³-hybridized carbons (Fsp3) is 0.500. The lowest BCUT2D eigenvalue weighted by Gasteiger charge is -2.11. The summed E-state index contributed by atoms with van der Waals surface area (Å²) in [6.45, 7) is 3.44. The molecule has 1 saturated heterocycles. The van der Waals surface area contributed by atoms with Crippen molar-refractivity contribution in [1.29, 1.82) is 5.26 Å². The van der Waals surface area contributed by atoms with Crippen LogP contribution in [0.15, 0.2) is 18.2 Å². The van der Waals surface area contributed by atoms with E-state index in [0.717, 1.165) is 24.1 Å². The van der Waals surface area contributed by atoms with Gasteiger partial charge in [0.15, 0.2) is 9.84 Å². The van der Waals surface area contributed by atoms with Crippen LogP contribution in [0.25, 0.3) is 0 Å². The lowest BCUT2D eigenvalue weighted by atomic mass is 10.1. The van der Waals surface area contributed by atoms with E-state index in [1.54, 1.807) is 0 Å². The number of hydrogen-bond acceptors (Lipinski definition) is 4. The molecule has 0 amide bonds. The lowest BCUT2D eigenvalue weighted by Crippen LogP contribution is -2.23. The van der Waals surface area contributed by atoms with Crippen molar-refractivity contribution >= 4 is 9.84 Å². The molecule has 1 aliphatic rings. The Hall–Kier alpha value is -1.38. The van der Waals surface area contributed by atoms with Gasteiger partial charge in [-0.05, 0) is 49.1 Å². The highest BCUT2D eigenvalue weighted by atomic mass is 32.2. The maximum Gasteiger partial charge on any atom is 0.150 e. The SMILES string of the molecule is Cc1cc(C#N)ccc1CNCC1CCS(=O)(=O)C1. The van der Waals surface area contributed by atoms with E-state index >= 15 is 0 Å². The molecule has 1 aromatic carbocycles. The fourth-order valence-corrected chi connectivity index (χ4v) is 4.27. The van der Waals surface area contributed by atoms with Gasteiger partial charge in [0.25, 0.3) is 0 Å². The van der Waals surface area contributed by atoms with Gasteiger partial charge in [-0.1, -0.05) is 6.07 Å². The minimum Gasteiger partial charge on any atom is -0.312 e. The van der Waals surface area contributed by atoms with E-state index in [0.29, 0.717) is 23.6 Å². The minimum absolute atomic E-state index is 0.240. The van der Waals surface area contributed by atoms with Gasteiger partial charge in [0.1, 0.15) is 0 Å². The summed E-state index contributed by atoms with van der Waals surface area (Å²) in [6, 6.07) is 7.75. The van der Waals surface area contributed by atoms with E-state index in [-0.39, 0.29) is 5.92 Å². The van der Waals surface area contributed by atoms with E-state index in [4.69, 9.17) is 5.26 Å². The third kappa shape index (κ3) is 3.79. The van der Waals surface area contributed by atoms with Crippen LogP contribution in [0.3, 0.4) is 0 Å². The fourth-order valence-electron chi connectivity index (χ4n) is 2.41. The molecule has 1 aliphatic heterocycles. The maximum absolute atomic E-state index is 11.3. The number of nitrogens with one attached hydrogen (secondary N) is 1. The molecule has 19 heavy (non-hydrogen) atoms. The number of nitriles is 1. The summed E-state index contributed by atoms with van der Waals surface area (Å²) in [5, 5.41) is 12.1. The molecule has 0 aliphatic carbocycles. The Morgan fingerprint density at radius 1 is 1.47 bits per heavy atom. The van der Waals surface area contributed by atoms with Crippen molar-refractivity contribution < 1.29 is 8.42 Å². The van der Waals surface area contributed by atoms with Crippen molar-refractivity contribution in [2.45, 2.75) is 19.9 Å². The van der Waals surface area contributed by atoms with Crippen molar-refractivity contribution in [1.82, 2.24) is 5.32 Å². The number of rotatable bonds is 4. The van der Waals surface area contributed by atoms with Crippen molar-refractivity contribution in [3.05, 3.63) is 34.9 Å². The molecule has 1 N–H and O–H groups in total. The Balaban J connectivity index is 1.85. The molecular weight excluding hydrogens is 260 g/mol.